The zero-order valence-electron chi connectivity index (χ0n) is 10.7. The molecule has 0 aliphatic rings. The van der Waals surface area contributed by atoms with E-state index >= 15 is 0 Å². The first-order chi connectivity index (χ1) is 9.33. The lowest BCUT2D eigenvalue weighted by Gasteiger charge is -2.08. The summed E-state index contributed by atoms with van der Waals surface area (Å²) in [5, 5.41) is 4.63. The van der Waals surface area contributed by atoms with Gasteiger partial charge in [-0.25, -0.2) is 0 Å². The Labute approximate surface area is 126 Å². The lowest BCUT2D eigenvalue weighted by molar-refractivity contribution is 0.735. The van der Waals surface area contributed by atoms with E-state index < -0.39 is 0 Å². The van der Waals surface area contributed by atoms with Gasteiger partial charge in [0.15, 0.2) is 0 Å². The Morgan fingerprint density at radius 3 is 3.11 bits per heavy atom. The standard InChI is InChI=1S/C15H17BrN2S/c1-2-9-19-10-8-17-11-12-5-6-14(16)13-4-3-7-18-15(12)13/h2-7,17H,1,8-11H2. The van der Waals surface area contributed by atoms with Crippen molar-refractivity contribution in [3.05, 3.63) is 53.2 Å². The molecule has 1 aromatic carbocycles. The number of aromatic nitrogens is 1. The van der Waals surface area contributed by atoms with Crippen LogP contribution in [-0.2, 0) is 6.54 Å². The molecular weight excluding hydrogens is 320 g/mol. The predicted octanol–water partition coefficient (Wildman–Crippen LogP) is 4.01. The highest BCUT2D eigenvalue weighted by atomic mass is 79.9. The minimum Gasteiger partial charge on any atom is -0.312 e. The summed E-state index contributed by atoms with van der Waals surface area (Å²) in [6.07, 6.45) is 3.79. The molecule has 0 saturated heterocycles. The van der Waals surface area contributed by atoms with Gasteiger partial charge in [-0.1, -0.05) is 34.1 Å². The summed E-state index contributed by atoms with van der Waals surface area (Å²) < 4.78 is 1.10. The van der Waals surface area contributed by atoms with Gasteiger partial charge in [0, 0.05) is 40.7 Å². The van der Waals surface area contributed by atoms with Gasteiger partial charge in [0.25, 0.3) is 0 Å². The molecule has 0 radical (unpaired) electrons. The van der Waals surface area contributed by atoms with Crippen molar-refractivity contribution < 1.29 is 0 Å². The molecule has 0 bridgehead atoms. The van der Waals surface area contributed by atoms with Crippen LogP contribution < -0.4 is 5.32 Å². The molecule has 19 heavy (non-hydrogen) atoms. The number of hydrogen-bond acceptors (Lipinski definition) is 3. The maximum absolute atomic E-state index is 4.48. The third-order valence-corrected chi connectivity index (χ3v) is 4.43. The second kappa shape index (κ2) is 7.68. The van der Waals surface area contributed by atoms with E-state index in [2.05, 4.69) is 51.0 Å². The van der Waals surface area contributed by atoms with Crippen LogP contribution in [0.5, 0.6) is 0 Å². The highest BCUT2D eigenvalue weighted by Gasteiger charge is 2.04. The number of thioether (sulfide) groups is 1. The minimum absolute atomic E-state index is 0.857. The first-order valence-electron chi connectivity index (χ1n) is 6.24. The van der Waals surface area contributed by atoms with Gasteiger partial charge in [0.2, 0.25) is 0 Å². The molecule has 2 aromatic rings. The lowest BCUT2D eigenvalue weighted by atomic mass is 10.1. The number of pyridine rings is 1. The number of hydrogen-bond donors (Lipinski definition) is 1. The summed E-state index contributed by atoms with van der Waals surface area (Å²) in [4.78, 5) is 4.48. The van der Waals surface area contributed by atoms with E-state index in [-0.39, 0.29) is 0 Å². The number of nitrogens with zero attached hydrogens (tertiary/aromatic N) is 1. The molecule has 0 saturated carbocycles. The Hall–Kier alpha value is -0.840. The van der Waals surface area contributed by atoms with Crippen LogP contribution in [0.1, 0.15) is 5.56 Å². The van der Waals surface area contributed by atoms with Gasteiger partial charge < -0.3 is 5.32 Å². The van der Waals surface area contributed by atoms with E-state index in [1.807, 2.05) is 30.1 Å². The van der Waals surface area contributed by atoms with Crippen molar-refractivity contribution in [3.63, 3.8) is 0 Å². The zero-order chi connectivity index (χ0) is 13.5. The third-order valence-electron chi connectivity index (χ3n) is 2.77. The van der Waals surface area contributed by atoms with Crippen molar-refractivity contribution in [2.24, 2.45) is 0 Å². The van der Waals surface area contributed by atoms with Crippen LogP contribution >= 0.6 is 27.7 Å². The summed E-state index contributed by atoms with van der Waals surface area (Å²) in [6.45, 7) is 5.57. The minimum atomic E-state index is 0.857. The second-order valence-electron chi connectivity index (χ2n) is 4.15. The average molecular weight is 337 g/mol. The highest BCUT2D eigenvalue weighted by molar-refractivity contribution is 9.10. The van der Waals surface area contributed by atoms with Crippen molar-refractivity contribution in [1.82, 2.24) is 10.3 Å². The first-order valence-corrected chi connectivity index (χ1v) is 8.19. The Morgan fingerprint density at radius 2 is 2.26 bits per heavy atom. The lowest BCUT2D eigenvalue weighted by Crippen LogP contribution is -2.17. The zero-order valence-corrected chi connectivity index (χ0v) is 13.1. The van der Waals surface area contributed by atoms with Gasteiger partial charge >= 0.3 is 0 Å². The van der Waals surface area contributed by atoms with Crippen LogP contribution in [0.2, 0.25) is 0 Å². The normalized spacial score (nSPS) is 10.8. The van der Waals surface area contributed by atoms with E-state index in [4.69, 9.17) is 0 Å². The van der Waals surface area contributed by atoms with Crippen LogP contribution in [0.15, 0.2) is 47.6 Å². The van der Waals surface area contributed by atoms with Crippen LogP contribution in [0.25, 0.3) is 10.9 Å². The third kappa shape index (κ3) is 4.06. The van der Waals surface area contributed by atoms with Gasteiger partial charge in [0.1, 0.15) is 0 Å². The maximum Gasteiger partial charge on any atom is 0.0758 e. The van der Waals surface area contributed by atoms with Gasteiger partial charge in [-0.05, 0) is 17.7 Å². The Kier molecular flexibility index (Phi) is 5.89. The summed E-state index contributed by atoms with van der Waals surface area (Å²) in [5.74, 6) is 2.12. The Morgan fingerprint density at radius 1 is 1.37 bits per heavy atom. The van der Waals surface area contributed by atoms with Gasteiger partial charge in [-0.15, -0.1) is 6.58 Å². The average Bonchev–Trinajstić information content (AvgIpc) is 2.45. The molecule has 0 aliphatic carbocycles. The monoisotopic (exact) mass is 336 g/mol. The molecule has 2 nitrogen and oxygen atoms in total. The van der Waals surface area contributed by atoms with Crippen LogP contribution in [0.3, 0.4) is 0 Å². The van der Waals surface area contributed by atoms with E-state index in [9.17, 15) is 0 Å². The Bertz CT molecular complexity index is 557. The van der Waals surface area contributed by atoms with Crippen molar-refractivity contribution in [3.8, 4) is 0 Å². The second-order valence-corrected chi connectivity index (χ2v) is 6.15. The molecular formula is C15H17BrN2S. The SMILES string of the molecule is C=CCSCCNCc1ccc(Br)c2cccnc12. The highest BCUT2D eigenvalue weighted by Crippen LogP contribution is 2.24. The largest absolute Gasteiger partial charge is 0.312 e. The van der Waals surface area contributed by atoms with Gasteiger partial charge in [-0.2, -0.15) is 11.8 Å². The molecule has 0 fully saturated rings. The van der Waals surface area contributed by atoms with E-state index in [0.29, 0.717) is 0 Å². The fourth-order valence-corrected chi connectivity index (χ4v) is 2.95. The molecule has 0 spiro atoms. The van der Waals surface area contributed by atoms with Crippen LogP contribution in [0, 0.1) is 0 Å². The number of rotatable bonds is 7. The van der Waals surface area contributed by atoms with Gasteiger partial charge in [-0.3, -0.25) is 4.98 Å². The van der Waals surface area contributed by atoms with Crippen molar-refractivity contribution >= 4 is 38.6 Å². The van der Waals surface area contributed by atoms with Crippen molar-refractivity contribution in [2.75, 3.05) is 18.1 Å². The topological polar surface area (TPSA) is 24.9 Å². The van der Waals surface area contributed by atoms with Crippen molar-refractivity contribution in [2.45, 2.75) is 6.54 Å². The first kappa shape index (κ1) is 14.6. The molecule has 0 atom stereocenters. The molecule has 100 valence electrons. The summed E-state index contributed by atoms with van der Waals surface area (Å²) >= 11 is 5.46. The van der Waals surface area contributed by atoms with Crippen LogP contribution in [-0.4, -0.2) is 23.0 Å². The Balaban J connectivity index is 1.97. The molecule has 0 aliphatic heterocycles. The predicted molar refractivity (Wildman–Crippen MR) is 88.7 cm³/mol. The van der Waals surface area contributed by atoms with E-state index in [1.54, 1.807) is 0 Å². The molecule has 2 rings (SSSR count). The molecule has 0 amide bonds. The smallest absolute Gasteiger partial charge is 0.0758 e. The van der Waals surface area contributed by atoms with E-state index in [0.717, 1.165) is 34.6 Å². The number of nitrogens with one attached hydrogen (secondary N) is 1. The molecule has 1 N–H and O–H groups in total. The summed E-state index contributed by atoms with van der Waals surface area (Å²) in [5.41, 5.74) is 2.32. The fourth-order valence-electron chi connectivity index (χ4n) is 1.87. The van der Waals surface area contributed by atoms with E-state index in [1.165, 1.54) is 10.9 Å². The van der Waals surface area contributed by atoms with Crippen LogP contribution in [0.4, 0.5) is 0 Å². The molecule has 0 unspecified atom stereocenters. The maximum atomic E-state index is 4.48. The molecule has 1 heterocycles. The quantitative estimate of drug-likeness (QED) is 0.610. The fraction of sp³-hybridized carbons (Fsp3) is 0.267. The summed E-state index contributed by atoms with van der Waals surface area (Å²) in [7, 11) is 0. The van der Waals surface area contributed by atoms with Crippen molar-refractivity contribution in [1.29, 1.82) is 0 Å². The number of halogens is 1. The number of fused-ring (bicyclic) bond motifs is 1. The summed E-state index contributed by atoms with van der Waals surface area (Å²) in [6, 6.07) is 8.28. The number of benzene rings is 1. The van der Waals surface area contributed by atoms with Gasteiger partial charge in [0.05, 0.1) is 5.52 Å². The molecule has 4 heteroatoms. The molecule has 1 aromatic heterocycles.